The SMILES string of the molecule is CC[C@@]1(c2ccc(NC(=O)CN3[C@H](C)CN(CCOC4CCC(N5C(S)N(c6ccc(C#N)c(C(F)(F)F)c6)C(=O)C5(C)C)CC4)C[C@@H]3C)cc2)CCC(=O)NC1=O.Cl. The number of piperazine rings is 1. The van der Waals surface area contributed by atoms with Gasteiger partial charge in [0.05, 0.1) is 47.4 Å². The Morgan fingerprint density at radius 3 is 2.25 bits per heavy atom. The number of imide groups is 1. The lowest BCUT2D eigenvalue weighted by Crippen LogP contribution is -2.58. The molecule has 4 atom stereocenters. The summed E-state index contributed by atoms with van der Waals surface area (Å²) in [6.07, 6.45) is -0.348. The van der Waals surface area contributed by atoms with E-state index in [1.807, 2.05) is 36.1 Å². The van der Waals surface area contributed by atoms with E-state index in [-0.39, 0.29) is 72.5 Å². The van der Waals surface area contributed by atoms with Crippen LogP contribution in [-0.4, -0.2) is 106 Å². The van der Waals surface area contributed by atoms with E-state index in [4.69, 9.17) is 17.4 Å². The second-order valence-electron chi connectivity index (χ2n) is 16.7. The van der Waals surface area contributed by atoms with Crippen LogP contribution in [0.1, 0.15) is 96.3 Å². The molecule has 322 valence electrons. The van der Waals surface area contributed by atoms with Crippen LogP contribution in [-0.2, 0) is 35.5 Å². The number of thiol groups is 1. The maximum absolute atomic E-state index is 13.8. The molecule has 3 heterocycles. The summed E-state index contributed by atoms with van der Waals surface area (Å²) in [4.78, 5) is 59.2. The van der Waals surface area contributed by atoms with Gasteiger partial charge in [-0.2, -0.15) is 18.4 Å². The summed E-state index contributed by atoms with van der Waals surface area (Å²) in [5.41, 5.74) is -2.59. The zero-order chi connectivity index (χ0) is 42.2. The van der Waals surface area contributed by atoms with Crippen molar-refractivity contribution in [1.29, 1.82) is 5.26 Å². The summed E-state index contributed by atoms with van der Waals surface area (Å²) < 4.78 is 47.6. The highest BCUT2D eigenvalue weighted by Gasteiger charge is 2.54. The maximum Gasteiger partial charge on any atom is 0.417 e. The Morgan fingerprint density at radius 1 is 1.03 bits per heavy atom. The molecule has 1 aliphatic carbocycles. The zero-order valence-electron chi connectivity index (χ0n) is 34.2. The molecule has 1 saturated carbocycles. The van der Waals surface area contributed by atoms with Gasteiger partial charge in [-0.05, 0) is 102 Å². The largest absolute Gasteiger partial charge is 0.417 e. The first-order valence-electron chi connectivity index (χ1n) is 20.2. The van der Waals surface area contributed by atoms with Crippen LogP contribution in [0.25, 0.3) is 0 Å². The fourth-order valence-electron chi connectivity index (χ4n) is 9.44. The molecule has 59 heavy (non-hydrogen) atoms. The number of rotatable bonds is 11. The van der Waals surface area contributed by atoms with Crippen LogP contribution in [0.4, 0.5) is 24.5 Å². The molecule has 0 bridgehead atoms. The molecule has 0 aromatic heterocycles. The highest BCUT2D eigenvalue weighted by Crippen LogP contribution is 2.43. The maximum atomic E-state index is 13.8. The predicted octanol–water partition coefficient (Wildman–Crippen LogP) is 6.08. The van der Waals surface area contributed by atoms with E-state index in [1.54, 1.807) is 19.9 Å². The van der Waals surface area contributed by atoms with Crippen molar-refractivity contribution >= 4 is 60.0 Å². The number of halogens is 4. The van der Waals surface area contributed by atoms with E-state index >= 15 is 0 Å². The fraction of sp³-hybridized carbons (Fsp3) is 0.595. The molecule has 3 saturated heterocycles. The van der Waals surface area contributed by atoms with E-state index in [9.17, 15) is 37.6 Å². The first-order chi connectivity index (χ1) is 27.4. The van der Waals surface area contributed by atoms with Gasteiger partial charge in [-0.3, -0.25) is 44.1 Å². The first-order valence-corrected chi connectivity index (χ1v) is 20.7. The second-order valence-corrected chi connectivity index (χ2v) is 17.2. The molecular formula is C42H55ClF3N7O5S. The van der Waals surface area contributed by atoms with Gasteiger partial charge in [-0.1, -0.05) is 19.1 Å². The fourth-order valence-corrected chi connectivity index (χ4v) is 10.2. The van der Waals surface area contributed by atoms with Gasteiger partial charge in [-0.25, -0.2) is 0 Å². The molecule has 2 N–H and O–H groups in total. The van der Waals surface area contributed by atoms with Crippen LogP contribution in [0.2, 0.25) is 0 Å². The third kappa shape index (κ3) is 9.61. The lowest BCUT2D eigenvalue weighted by atomic mass is 9.72. The summed E-state index contributed by atoms with van der Waals surface area (Å²) >= 11 is 4.76. The van der Waals surface area contributed by atoms with Crippen molar-refractivity contribution in [3.8, 4) is 6.07 Å². The molecule has 1 unspecified atom stereocenters. The molecule has 0 spiro atoms. The Balaban J connectivity index is 0.00000661. The Morgan fingerprint density at radius 2 is 1.68 bits per heavy atom. The topological polar surface area (TPSA) is 138 Å². The average Bonchev–Trinajstić information content (AvgIpc) is 3.35. The molecule has 4 aliphatic rings. The highest BCUT2D eigenvalue weighted by atomic mass is 35.5. The van der Waals surface area contributed by atoms with Crippen molar-refractivity contribution in [3.05, 3.63) is 59.2 Å². The smallest absolute Gasteiger partial charge is 0.377 e. The number of nitrogens with one attached hydrogen (secondary N) is 2. The Labute approximate surface area is 356 Å². The third-order valence-electron chi connectivity index (χ3n) is 12.7. The third-order valence-corrected chi connectivity index (χ3v) is 13.1. The number of hydrogen-bond donors (Lipinski definition) is 3. The van der Waals surface area contributed by atoms with Gasteiger partial charge in [-0.15, -0.1) is 25.0 Å². The van der Waals surface area contributed by atoms with Gasteiger partial charge in [0, 0.05) is 55.6 Å². The number of carbonyl (C=O) groups is 4. The van der Waals surface area contributed by atoms with Crippen molar-refractivity contribution in [2.45, 2.75) is 126 Å². The van der Waals surface area contributed by atoms with E-state index in [2.05, 4.69) is 34.3 Å². The van der Waals surface area contributed by atoms with Gasteiger partial charge in [0.25, 0.3) is 0 Å². The van der Waals surface area contributed by atoms with Crippen molar-refractivity contribution in [2.24, 2.45) is 0 Å². The van der Waals surface area contributed by atoms with Crippen LogP contribution < -0.4 is 15.5 Å². The molecule has 12 nitrogen and oxygen atoms in total. The summed E-state index contributed by atoms with van der Waals surface area (Å²) in [5, 5.41) is 14.7. The number of alkyl halides is 3. The zero-order valence-corrected chi connectivity index (χ0v) is 35.9. The van der Waals surface area contributed by atoms with Crippen molar-refractivity contribution < 1.29 is 37.1 Å². The summed E-state index contributed by atoms with van der Waals surface area (Å²) in [6, 6.07) is 12.5. The number of ether oxygens (including phenoxy) is 1. The van der Waals surface area contributed by atoms with Crippen molar-refractivity contribution in [3.63, 3.8) is 0 Å². The Hall–Kier alpha value is -3.72. The number of hydrogen-bond acceptors (Lipinski definition) is 10. The second kappa shape index (κ2) is 18.5. The van der Waals surface area contributed by atoms with Crippen molar-refractivity contribution in [1.82, 2.24) is 20.0 Å². The number of benzene rings is 2. The lowest BCUT2D eigenvalue weighted by Gasteiger charge is -2.44. The molecular weight excluding hydrogens is 807 g/mol. The van der Waals surface area contributed by atoms with Crippen molar-refractivity contribution in [2.75, 3.05) is 43.0 Å². The molecule has 6 rings (SSSR count). The van der Waals surface area contributed by atoms with Crippen LogP contribution in [0.3, 0.4) is 0 Å². The van der Waals surface area contributed by atoms with Gasteiger partial charge < -0.3 is 10.1 Å². The van der Waals surface area contributed by atoms with Crippen LogP contribution in [0.15, 0.2) is 42.5 Å². The average molecular weight is 862 g/mol. The van der Waals surface area contributed by atoms with Gasteiger partial charge in [0.2, 0.25) is 23.6 Å². The van der Waals surface area contributed by atoms with Gasteiger partial charge in [0.1, 0.15) is 5.50 Å². The number of piperidine rings is 1. The summed E-state index contributed by atoms with van der Waals surface area (Å²) in [5.74, 6) is -0.994. The van der Waals surface area contributed by atoms with Crippen LogP contribution in [0.5, 0.6) is 0 Å². The van der Waals surface area contributed by atoms with E-state index in [0.29, 0.717) is 31.6 Å². The highest BCUT2D eigenvalue weighted by molar-refractivity contribution is 7.81. The lowest BCUT2D eigenvalue weighted by molar-refractivity contribution is -0.139. The van der Waals surface area contributed by atoms with Crippen LogP contribution >= 0.6 is 25.0 Å². The number of anilines is 2. The molecule has 3 aliphatic heterocycles. The molecule has 4 amide bonds. The predicted molar refractivity (Wildman–Crippen MR) is 223 cm³/mol. The molecule has 4 fully saturated rings. The molecule has 0 radical (unpaired) electrons. The molecule has 2 aromatic rings. The summed E-state index contributed by atoms with van der Waals surface area (Å²) in [7, 11) is 0. The minimum Gasteiger partial charge on any atom is -0.377 e. The minimum atomic E-state index is -4.74. The van der Waals surface area contributed by atoms with Crippen LogP contribution in [0, 0.1) is 11.3 Å². The minimum absolute atomic E-state index is 0. The van der Waals surface area contributed by atoms with E-state index in [0.717, 1.165) is 63.0 Å². The quantitative estimate of drug-likeness (QED) is 0.181. The standard InChI is InChI=1S/C42H54F3N7O5S.ClH/c1-6-41(18-17-35(53)48-37(41)55)29-8-10-30(11-9-29)47-36(54)25-50-26(2)23-49(24-27(50)3)19-20-57-33-15-13-31(14-16-33)52-39(58)51(38(56)40(52,4)5)32-12-7-28(22-46)34(21-32)42(43,44)45;/h7-12,21,26-27,31,33,39,58H,6,13-20,23-25H2,1-5H3,(H,47,54)(H,48,53,55);1H/t26-,27+,31?,33?,39?,41-;/m0./s1. The molecule has 2 aromatic carbocycles. The Bertz CT molecular complexity index is 1910. The number of carbonyl (C=O) groups excluding carboxylic acids is 4. The van der Waals surface area contributed by atoms with E-state index < -0.39 is 33.8 Å². The van der Waals surface area contributed by atoms with E-state index in [1.165, 1.54) is 11.0 Å². The number of nitriles is 1. The summed E-state index contributed by atoms with van der Waals surface area (Å²) in [6.45, 7) is 12.8. The monoisotopic (exact) mass is 861 g/mol. The Kier molecular flexibility index (Phi) is 14.5. The number of amides is 4. The number of nitrogens with zero attached hydrogens (tertiary/aromatic N) is 5. The first kappa shape index (κ1) is 46.3. The normalized spacial score (nSPS) is 28.2. The molecule has 17 heteroatoms. The van der Waals surface area contributed by atoms with Gasteiger partial charge >= 0.3 is 6.18 Å². The van der Waals surface area contributed by atoms with Gasteiger partial charge in [0.15, 0.2) is 0 Å².